The zero-order valence-electron chi connectivity index (χ0n) is 13.2. The molecule has 0 bridgehead atoms. The van der Waals surface area contributed by atoms with Gasteiger partial charge in [0.1, 0.15) is 0 Å². The minimum Gasteiger partial charge on any atom is -0.334 e. The number of pyridine rings is 1. The van der Waals surface area contributed by atoms with Crippen LogP contribution < -0.4 is 21.5 Å². The standard InChI is InChI=1S/C17H18N4O3/c1-3-9-18-17(24)20-14-6-4-13(5-7-14)19-16(23)12-8-10-21(2)15(22)11-12/h3-8,10-11H,1,9H2,2H3,(H,19,23)(H2,18,20,24). The number of aryl methyl sites for hydroxylation is 1. The predicted molar refractivity (Wildman–Crippen MR) is 93.3 cm³/mol. The normalized spacial score (nSPS) is 9.88. The van der Waals surface area contributed by atoms with Crippen LogP contribution >= 0.6 is 0 Å². The van der Waals surface area contributed by atoms with E-state index in [4.69, 9.17) is 0 Å². The number of benzene rings is 1. The molecule has 124 valence electrons. The van der Waals surface area contributed by atoms with E-state index in [1.54, 1.807) is 43.5 Å². The Balaban J connectivity index is 1.99. The number of rotatable bonds is 5. The largest absolute Gasteiger partial charge is 0.334 e. The van der Waals surface area contributed by atoms with E-state index < -0.39 is 0 Å². The Kier molecular flexibility index (Phi) is 5.51. The van der Waals surface area contributed by atoms with Gasteiger partial charge in [0.25, 0.3) is 11.5 Å². The Morgan fingerprint density at radius 1 is 1.12 bits per heavy atom. The van der Waals surface area contributed by atoms with Crippen LogP contribution in [-0.2, 0) is 7.05 Å². The summed E-state index contributed by atoms with van der Waals surface area (Å²) in [5, 5.41) is 7.93. The Morgan fingerprint density at radius 2 is 1.75 bits per heavy atom. The minimum absolute atomic E-state index is 0.257. The van der Waals surface area contributed by atoms with E-state index >= 15 is 0 Å². The smallest absolute Gasteiger partial charge is 0.319 e. The van der Waals surface area contributed by atoms with Gasteiger partial charge in [0.05, 0.1) is 0 Å². The van der Waals surface area contributed by atoms with Gasteiger partial charge in [-0.05, 0) is 30.3 Å². The number of carbonyl (C=O) groups excluding carboxylic acids is 2. The highest BCUT2D eigenvalue weighted by molar-refractivity contribution is 6.04. The van der Waals surface area contributed by atoms with Gasteiger partial charge in [-0.3, -0.25) is 9.59 Å². The molecule has 1 aromatic heterocycles. The van der Waals surface area contributed by atoms with Crippen LogP contribution in [0.4, 0.5) is 16.2 Å². The molecular weight excluding hydrogens is 308 g/mol. The quantitative estimate of drug-likeness (QED) is 0.733. The summed E-state index contributed by atoms with van der Waals surface area (Å²) in [6, 6.07) is 9.13. The molecule has 24 heavy (non-hydrogen) atoms. The molecule has 1 heterocycles. The Labute approximate surface area is 139 Å². The van der Waals surface area contributed by atoms with Crippen LogP contribution in [0.2, 0.25) is 0 Å². The average Bonchev–Trinajstić information content (AvgIpc) is 2.57. The summed E-state index contributed by atoms with van der Waals surface area (Å²) in [6.45, 7) is 3.88. The van der Waals surface area contributed by atoms with E-state index in [0.29, 0.717) is 17.9 Å². The molecule has 0 unspecified atom stereocenters. The molecule has 3 N–H and O–H groups in total. The second-order valence-electron chi connectivity index (χ2n) is 5.02. The van der Waals surface area contributed by atoms with E-state index in [1.165, 1.54) is 16.8 Å². The van der Waals surface area contributed by atoms with Crippen molar-refractivity contribution in [3.63, 3.8) is 0 Å². The summed E-state index contributed by atoms with van der Waals surface area (Å²) < 4.78 is 1.38. The fourth-order valence-corrected chi connectivity index (χ4v) is 1.87. The molecule has 0 radical (unpaired) electrons. The molecule has 0 atom stereocenters. The van der Waals surface area contributed by atoms with Crippen LogP contribution in [0.15, 0.2) is 60.0 Å². The molecule has 0 aliphatic rings. The SMILES string of the molecule is C=CCNC(=O)Nc1ccc(NC(=O)c2ccn(C)c(=O)c2)cc1. The lowest BCUT2D eigenvalue weighted by Crippen LogP contribution is -2.28. The fraction of sp³-hybridized carbons (Fsp3) is 0.118. The number of urea groups is 1. The third kappa shape index (κ3) is 4.57. The summed E-state index contributed by atoms with van der Waals surface area (Å²) >= 11 is 0. The summed E-state index contributed by atoms with van der Waals surface area (Å²) in [4.78, 5) is 35.2. The zero-order valence-corrected chi connectivity index (χ0v) is 13.2. The lowest BCUT2D eigenvalue weighted by molar-refractivity contribution is 0.102. The second-order valence-corrected chi connectivity index (χ2v) is 5.02. The van der Waals surface area contributed by atoms with Crippen molar-refractivity contribution in [3.05, 3.63) is 71.2 Å². The van der Waals surface area contributed by atoms with Gasteiger partial charge in [-0.1, -0.05) is 6.08 Å². The van der Waals surface area contributed by atoms with Gasteiger partial charge in [-0.25, -0.2) is 4.79 Å². The van der Waals surface area contributed by atoms with Crippen LogP contribution in [0.1, 0.15) is 10.4 Å². The number of nitrogens with zero attached hydrogens (tertiary/aromatic N) is 1. The van der Waals surface area contributed by atoms with Crippen molar-refractivity contribution in [2.45, 2.75) is 0 Å². The van der Waals surface area contributed by atoms with E-state index in [-0.39, 0.29) is 23.1 Å². The third-order valence-electron chi connectivity index (χ3n) is 3.17. The molecule has 0 aliphatic carbocycles. The van der Waals surface area contributed by atoms with Crippen molar-refractivity contribution < 1.29 is 9.59 Å². The van der Waals surface area contributed by atoms with Gasteiger partial charge in [0.2, 0.25) is 0 Å². The second kappa shape index (κ2) is 7.77. The van der Waals surface area contributed by atoms with E-state index in [2.05, 4.69) is 22.5 Å². The molecule has 3 amide bonds. The molecule has 2 rings (SSSR count). The molecule has 0 fully saturated rings. The summed E-state index contributed by atoms with van der Waals surface area (Å²) in [5.74, 6) is -0.378. The van der Waals surface area contributed by atoms with Crippen LogP contribution in [-0.4, -0.2) is 23.1 Å². The molecule has 0 aliphatic heterocycles. The number of carbonyl (C=O) groups is 2. The van der Waals surface area contributed by atoms with Gasteiger partial charge >= 0.3 is 6.03 Å². The van der Waals surface area contributed by atoms with Gasteiger partial charge < -0.3 is 20.5 Å². The summed E-state index contributed by atoms with van der Waals surface area (Å²) in [6.07, 6.45) is 3.11. The van der Waals surface area contributed by atoms with Gasteiger partial charge in [-0.2, -0.15) is 0 Å². The topological polar surface area (TPSA) is 92.2 Å². The summed E-state index contributed by atoms with van der Waals surface area (Å²) in [5.41, 5.74) is 1.16. The molecule has 7 heteroatoms. The maximum atomic E-state index is 12.1. The molecule has 1 aromatic carbocycles. The number of hydrogen-bond acceptors (Lipinski definition) is 3. The maximum absolute atomic E-state index is 12.1. The molecule has 7 nitrogen and oxygen atoms in total. The number of amides is 3. The predicted octanol–water partition coefficient (Wildman–Crippen LogP) is 1.95. The van der Waals surface area contributed by atoms with E-state index in [9.17, 15) is 14.4 Å². The monoisotopic (exact) mass is 326 g/mol. The summed E-state index contributed by atoms with van der Waals surface area (Å²) in [7, 11) is 1.61. The van der Waals surface area contributed by atoms with E-state index in [1.807, 2.05) is 0 Å². The van der Waals surface area contributed by atoms with Crippen LogP contribution in [0.5, 0.6) is 0 Å². The lowest BCUT2D eigenvalue weighted by Gasteiger charge is -2.08. The van der Waals surface area contributed by atoms with Gasteiger partial charge in [0, 0.05) is 42.8 Å². The first-order valence-electron chi connectivity index (χ1n) is 7.23. The van der Waals surface area contributed by atoms with Crippen LogP contribution in [0.25, 0.3) is 0 Å². The van der Waals surface area contributed by atoms with Crippen LogP contribution in [0.3, 0.4) is 0 Å². The highest BCUT2D eigenvalue weighted by atomic mass is 16.2. The van der Waals surface area contributed by atoms with Crippen LogP contribution in [0, 0.1) is 0 Å². The van der Waals surface area contributed by atoms with Crippen molar-refractivity contribution in [3.8, 4) is 0 Å². The number of nitrogens with one attached hydrogen (secondary N) is 3. The lowest BCUT2D eigenvalue weighted by atomic mass is 10.2. The Bertz CT molecular complexity index is 809. The first-order valence-corrected chi connectivity index (χ1v) is 7.23. The van der Waals surface area contributed by atoms with Gasteiger partial charge in [-0.15, -0.1) is 6.58 Å². The van der Waals surface area contributed by atoms with Crippen molar-refractivity contribution in [1.82, 2.24) is 9.88 Å². The zero-order chi connectivity index (χ0) is 17.5. The first kappa shape index (κ1) is 17.0. The average molecular weight is 326 g/mol. The maximum Gasteiger partial charge on any atom is 0.319 e. The van der Waals surface area contributed by atoms with E-state index in [0.717, 1.165) is 0 Å². The number of hydrogen-bond donors (Lipinski definition) is 3. The fourth-order valence-electron chi connectivity index (χ4n) is 1.87. The molecule has 0 saturated heterocycles. The van der Waals surface area contributed by atoms with Crippen molar-refractivity contribution in [2.24, 2.45) is 7.05 Å². The first-order chi connectivity index (χ1) is 11.5. The van der Waals surface area contributed by atoms with Crippen molar-refractivity contribution >= 4 is 23.3 Å². The Morgan fingerprint density at radius 3 is 2.33 bits per heavy atom. The highest BCUT2D eigenvalue weighted by Crippen LogP contribution is 2.14. The highest BCUT2D eigenvalue weighted by Gasteiger charge is 2.07. The molecule has 0 spiro atoms. The molecular formula is C17H18N4O3. The van der Waals surface area contributed by atoms with Crippen molar-refractivity contribution in [1.29, 1.82) is 0 Å². The number of anilines is 2. The Hall–Kier alpha value is -3.35. The molecule has 0 saturated carbocycles. The minimum atomic E-state index is -0.378. The third-order valence-corrected chi connectivity index (χ3v) is 3.17. The molecule has 2 aromatic rings. The van der Waals surface area contributed by atoms with Crippen molar-refractivity contribution in [2.75, 3.05) is 17.2 Å². The number of aromatic nitrogens is 1. The van der Waals surface area contributed by atoms with Gasteiger partial charge in [0.15, 0.2) is 0 Å².